The number of pyridine rings is 1. The van der Waals surface area contributed by atoms with E-state index >= 15 is 0 Å². The Kier molecular flexibility index (Phi) is 4.64. The molecule has 34 heavy (non-hydrogen) atoms. The summed E-state index contributed by atoms with van der Waals surface area (Å²) in [7, 11) is -0.459. The van der Waals surface area contributed by atoms with Gasteiger partial charge in [-0.25, -0.2) is 0 Å². The van der Waals surface area contributed by atoms with Crippen LogP contribution in [-0.4, -0.2) is 23.3 Å². The molecular weight excluding hydrogens is 417 g/mol. The van der Waals surface area contributed by atoms with Gasteiger partial charge in [0.25, 0.3) is 0 Å². The lowest BCUT2D eigenvalue weighted by atomic mass is 9.62. The van der Waals surface area contributed by atoms with E-state index in [0.717, 1.165) is 5.46 Å². The minimum atomic E-state index is -0.504. The molecule has 1 atom stereocenters. The van der Waals surface area contributed by atoms with Gasteiger partial charge in [0.2, 0.25) is 0 Å². The average molecular weight is 445 g/mol. The highest BCUT2D eigenvalue weighted by molar-refractivity contribution is 6.63. The number of nitrogens with zero attached hydrogens (tertiary/aromatic N) is 1. The van der Waals surface area contributed by atoms with Gasteiger partial charge in [0.15, 0.2) is 0 Å². The molecule has 0 saturated carbocycles. The molecule has 1 saturated heterocycles. The zero-order valence-electron chi connectivity index (χ0n) is 20.1. The summed E-state index contributed by atoms with van der Waals surface area (Å²) in [6.45, 7) is 8.44. The van der Waals surface area contributed by atoms with E-state index in [2.05, 4.69) is 118 Å². The lowest BCUT2D eigenvalue weighted by molar-refractivity contribution is 0.00578. The lowest BCUT2D eigenvalue weighted by Gasteiger charge is -2.35. The summed E-state index contributed by atoms with van der Waals surface area (Å²) in [5.41, 5.74) is 7.11. The molecular formula is C30H28BNO2. The first kappa shape index (κ1) is 21.3. The molecule has 1 unspecified atom stereocenters. The van der Waals surface area contributed by atoms with E-state index in [1.54, 1.807) is 0 Å². The van der Waals surface area contributed by atoms with Crippen LogP contribution < -0.4 is 5.46 Å². The number of aromatic nitrogens is 1. The van der Waals surface area contributed by atoms with Crippen LogP contribution in [0.25, 0.3) is 11.1 Å². The molecule has 1 fully saturated rings. The van der Waals surface area contributed by atoms with Gasteiger partial charge in [-0.05, 0) is 78.7 Å². The summed E-state index contributed by atoms with van der Waals surface area (Å²) in [5, 5.41) is 0. The average Bonchev–Trinajstić information content (AvgIpc) is 3.27. The zero-order valence-corrected chi connectivity index (χ0v) is 20.1. The number of rotatable bonds is 3. The van der Waals surface area contributed by atoms with Gasteiger partial charge in [0.1, 0.15) is 0 Å². The van der Waals surface area contributed by atoms with Crippen LogP contribution in [-0.2, 0) is 14.7 Å². The standard InChI is InChI=1S/C30H28BNO2/c1-28(2)29(3,4)34-31(33-28)26-16-10-14-24-23-13-8-9-15-25(23)30(27(24)26,21-11-6-5-7-12-21)22-17-19-32-20-18-22/h5-20H,1-4H3. The molecule has 1 aromatic heterocycles. The van der Waals surface area contributed by atoms with Crippen LogP contribution in [0.2, 0.25) is 0 Å². The van der Waals surface area contributed by atoms with E-state index in [0.29, 0.717) is 0 Å². The number of hydrogen-bond donors (Lipinski definition) is 0. The fourth-order valence-corrected chi connectivity index (χ4v) is 5.62. The van der Waals surface area contributed by atoms with E-state index in [4.69, 9.17) is 9.31 Å². The number of fused-ring (bicyclic) bond motifs is 3. The Morgan fingerprint density at radius 2 is 1.21 bits per heavy atom. The second-order valence-electron chi connectivity index (χ2n) is 10.3. The van der Waals surface area contributed by atoms with Crippen LogP contribution in [0.3, 0.4) is 0 Å². The van der Waals surface area contributed by atoms with Crippen molar-refractivity contribution in [2.45, 2.75) is 44.3 Å². The molecule has 0 bridgehead atoms. The smallest absolute Gasteiger partial charge is 0.399 e. The Labute approximate surface area is 201 Å². The van der Waals surface area contributed by atoms with Crippen molar-refractivity contribution < 1.29 is 9.31 Å². The van der Waals surface area contributed by atoms with Gasteiger partial charge in [-0.15, -0.1) is 0 Å². The predicted molar refractivity (Wildman–Crippen MR) is 137 cm³/mol. The summed E-state index contributed by atoms with van der Waals surface area (Å²) < 4.78 is 13.2. The first-order valence-corrected chi connectivity index (χ1v) is 11.9. The van der Waals surface area contributed by atoms with Crippen molar-refractivity contribution in [2.75, 3.05) is 0 Å². The number of benzene rings is 3. The van der Waals surface area contributed by atoms with Crippen molar-refractivity contribution in [1.29, 1.82) is 0 Å². The van der Waals surface area contributed by atoms with Gasteiger partial charge in [0.05, 0.1) is 16.6 Å². The van der Waals surface area contributed by atoms with E-state index in [9.17, 15) is 0 Å². The molecule has 2 aliphatic rings. The third-order valence-electron chi connectivity index (χ3n) is 7.92. The molecule has 4 heteroatoms. The van der Waals surface area contributed by atoms with Gasteiger partial charge in [-0.1, -0.05) is 72.8 Å². The van der Waals surface area contributed by atoms with Crippen LogP contribution in [0.1, 0.15) is 49.9 Å². The van der Waals surface area contributed by atoms with Crippen molar-refractivity contribution in [1.82, 2.24) is 4.98 Å². The highest BCUT2D eigenvalue weighted by Crippen LogP contribution is 2.55. The predicted octanol–water partition coefficient (Wildman–Crippen LogP) is 5.74. The normalized spacial score (nSPS) is 21.8. The first-order chi connectivity index (χ1) is 16.4. The van der Waals surface area contributed by atoms with Crippen LogP contribution in [0.4, 0.5) is 0 Å². The summed E-state index contributed by atoms with van der Waals surface area (Å²) in [4.78, 5) is 4.34. The third kappa shape index (κ3) is 2.82. The Morgan fingerprint density at radius 3 is 1.91 bits per heavy atom. The maximum absolute atomic E-state index is 6.60. The summed E-state index contributed by atoms with van der Waals surface area (Å²) in [6.07, 6.45) is 3.77. The van der Waals surface area contributed by atoms with Crippen molar-refractivity contribution in [3.63, 3.8) is 0 Å². The van der Waals surface area contributed by atoms with Gasteiger partial charge in [-0.3, -0.25) is 4.98 Å². The largest absolute Gasteiger partial charge is 0.495 e. The monoisotopic (exact) mass is 445 g/mol. The third-order valence-corrected chi connectivity index (χ3v) is 7.92. The van der Waals surface area contributed by atoms with Crippen LogP contribution >= 0.6 is 0 Å². The molecule has 4 aromatic rings. The van der Waals surface area contributed by atoms with Gasteiger partial charge >= 0.3 is 7.12 Å². The highest BCUT2D eigenvalue weighted by atomic mass is 16.7. The van der Waals surface area contributed by atoms with Gasteiger partial charge in [-0.2, -0.15) is 0 Å². The maximum atomic E-state index is 6.60. The SMILES string of the molecule is CC1(C)OB(c2cccc3c2C(c2ccccc2)(c2ccncc2)c2ccccc2-3)OC1(C)C. The second kappa shape index (κ2) is 7.40. The van der Waals surface area contributed by atoms with E-state index < -0.39 is 23.7 Å². The van der Waals surface area contributed by atoms with E-state index in [1.807, 2.05) is 12.4 Å². The highest BCUT2D eigenvalue weighted by Gasteiger charge is 2.55. The Morgan fingerprint density at radius 1 is 0.618 bits per heavy atom. The minimum absolute atomic E-state index is 0.419. The Bertz CT molecular complexity index is 1310. The maximum Gasteiger partial charge on any atom is 0.495 e. The van der Waals surface area contributed by atoms with Crippen LogP contribution in [0, 0.1) is 0 Å². The molecule has 0 radical (unpaired) electrons. The lowest BCUT2D eigenvalue weighted by Crippen LogP contribution is -2.42. The fourth-order valence-electron chi connectivity index (χ4n) is 5.62. The molecule has 6 rings (SSSR count). The molecule has 0 amide bonds. The van der Waals surface area contributed by atoms with Crippen LogP contribution in [0.5, 0.6) is 0 Å². The van der Waals surface area contributed by atoms with Crippen LogP contribution in [0.15, 0.2) is 97.3 Å². The summed E-state index contributed by atoms with van der Waals surface area (Å²) in [5.74, 6) is 0. The molecule has 1 aliphatic heterocycles. The molecule has 3 aromatic carbocycles. The molecule has 2 heterocycles. The van der Waals surface area contributed by atoms with E-state index in [1.165, 1.54) is 33.4 Å². The molecule has 0 spiro atoms. The quantitative estimate of drug-likeness (QED) is 0.332. The number of hydrogen-bond acceptors (Lipinski definition) is 3. The van der Waals surface area contributed by atoms with Crippen molar-refractivity contribution in [2.24, 2.45) is 0 Å². The topological polar surface area (TPSA) is 31.4 Å². The minimum Gasteiger partial charge on any atom is -0.399 e. The van der Waals surface area contributed by atoms with Crippen molar-refractivity contribution in [3.05, 3.63) is 120 Å². The second-order valence-corrected chi connectivity index (χ2v) is 10.3. The molecule has 0 N–H and O–H groups in total. The van der Waals surface area contributed by atoms with Crippen molar-refractivity contribution in [3.8, 4) is 11.1 Å². The molecule has 168 valence electrons. The first-order valence-electron chi connectivity index (χ1n) is 11.9. The zero-order chi connectivity index (χ0) is 23.6. The van der Waals surface area contributed by atoms with Crippen molar-refractivity contribution >= 4 is 12.6 Å². The van der Waals surface area contributed by atoms with Gasteiger partial charge < -0.3 is 9.31 Å². The summed E-state index contributed by atoms with van der Waals surface area (Å²) >= 11 is 0. The Hall–Kier alpha value is -3.21. The van der Waals surface area contributed by atoms with Gasteiger partial charge in [0, 0.05) is 12.4 Å². The molecule has 3 nitrogen and oxygen atoms in total. The van der Waals surface area contributed by atoms with E-state index in [-0.39, 0.29) is 0 Å². The molecule has 1 aliphatic carbocycles. The fraction of sp³-hybridized carbons (Fsp3) is 0.233. The summed E-state index contributed by atoms with van der Waals surface area (Å²) in [6, 6.07) is 30.3. The Balaban J connectivity index is 1.72.